The molecular weight excluding hydrogens is 364 g/mol. The van der Waals surface area contributed by atoms with Gasteiger partial charge in [-0.25, -0.2) is 0 Å². The summed E-state index contributed by atoms with van der Waals surface area (Å²) in [5.41, 5.74) is 1.38. The zero-order valence-corrected chi connectivity index (χ0v) is 17.7. The van der Waals surface area contributed by atoms with Crippen molar-refractivity contribution in [2.75, 3.05) is 26.7 Å². The molecule has 0 atom stereocenters. The highest BCUT2D eigenvalue weighted by Crippen LogP contribution is 2.21. The maximum atomic E-state index is 11.9. The Balaban J connectivity index is 1.27. The highest BCUT2D eigenvalue weighted by molar-refractivity contribution is 5.80. The van der Waals surface area contributed by atoms with Crippen molar-refractivity contribution in [1.82, 2.24) is 15.5 Å². The van der Waals surface area contributed by atoms with E-state index in [-0.39, 0.29) is 12.1 Å². The second-order valence-corrected chi connectivity index (χ2v) is 8.18. The standard InChI is InChI=1S/C23H36N4O2/c1-24-23(25-15-7-12-22(28)29-21-10-5-6-11-21)26-20-13-16-27(17-14-20)18-19-8-3-2-4-9-19/h2-4,8-9,20-21H,5-7,10-18H2,1H3,(H2,24,25,26). The Kier molecular flexibility index (Phi) is 8.81. The number of nitrogens with zero attached hydrogens (tertiary/aromatic N) is 2. The molecule has 2 N–H and O–H groups in total. The zero-order valence-electron chi connectivity index (χ0n) is 17.7. The number of hydrogen-bond donors (Lipinski definition) is 2. The highest BCUT2D eigenvalue weighted by atomic mass is 16.5. The van der Waals surface area contributed by atoms with Crippen LogP contribution in [0.2, 0.25) is 0 Å². The molecule has 1 aliphatic heterocycles. The minimum absolute atomic E-state index is 0.0626. The van der Waals surface area contributed by atoms with Crippen LogP contribution in [0.3, 0.4) is 0 Å². The topological polar surface area (TPSA) is 66.0 Å². The van der Waals surface area contributed by atoms with E-state index in [4.69, 9.17) is 4.74 Å². The van der Waals surface area contributed by atoms with E-state index in [1.807, 2.05) is 0 Å². The Labute approximate surface area is 175 Å². The van der Waals surface area contributed by atoms with E-state index in [9.17, 15) is 4.79 Å². The van der Waals surface area contributed by atoms with Gasteiger partial charge in [0.15, 0.2) is 5.96 Å². The number of piperidine rings is 1. The second-order valence-electron chi connectivity index (χ2n) is 8.18. The van der Waals surface area contributed by atoms with Crippen LogP contribution >= 0.6 is 0 Å². The van der Waals surface area contributed by atoms with Crippen molar-refractivity contribution in [3.63, 3.8) is 0 Å². The van der Waals surface area contributed by atoms with Crippen LogP contribution in [0.5, 0.6) is 0 Å². The molecule has 2 aliphatic rings. The first-order valence-electron chi connectivity index (χ1n) is 11.2. The van der Waals surface area contributed by atoms with Crippen LogP contribution in [-0.2, 0) is 16.1 Å². The fourth-order valence-corrected chi connectivity index (χ4v) is 4.16. The van der Waals surface area contributed by atoms with Crippen molar-refractivity contribution in [3.8, 4) is 0 Å². The fraction of sp³-hybridized carbons (Fsp3) is 0.652. The van der Waals surface area contributed by atoms with Crippen LogP contribution < -0.4 is 10.6 Å². The molecule has 0 unspecified atom stereocenters. The predicted molar refractivity (Wildman–Crippen MR) is 117 cm³/mol. The van der Waals surface area contributed by atoms with Crippen LogP contribution in [0.25, 0.3) is 0 Å². The van der Waals surface area contributed by atoms with E-state index in [0.717, 1.165) is 64.2 Å². The third-order valence-electron chi connectivity index (χ3n) is 5.85. The van der Waals surface area contributed by atoms with Crippen molar-refractivity contribution in [2.24, 2.45) is 4.99 Å². The lowest BCUT2D eigenvalue weighted by atomic mass is 10.0. The maximum absolute atomic E-state index is 11.9. The molecular formula is C23H36N4O2. The molecule has 29 heavy (non-hydrogen) atoms. The van der Waals surface area contributed by atoms with Gasteiger partial charge in [0, 0.05) is 45.7 Å². The van der Waals surface area contributed by atoms with Crippen molar-refractivity contribution >= 4 is 11.9 Å². The Morgan fingerprint density at radius 2 is 1.86 bits per heavy atom. The number of aliphatic imine (C=N–C) groups is 1. The van der Waals surface area contributed by atoms with E-state index < -0.39 is 0 Å². The molecule has 160 valence electrons. The first-order valence-corrected chi connectivity index (χ1v) is 11.2. The number of rotatable bonds is 8. The van der Waals surface area contributed by atoms with Gasteiger partial charge in [-0.15, -0.1) is 0 Å². The molecule has 6 nitrogen and oxygen atoms in total. The smallest absolute Gasteiger partial charge is 0.306 e. The Bertz CT molecular complexity index is 636. The van der Waals surface area contributed by atoms with E-state index >= 15 is 0 Å². The molecule has 0 amide bonds. The highest BCUT2D eigenvalue weighted by Gasteiger charge is 2.20. The van der Waals surface area contributed by atoms with Crippen molar-refractivity contribution in [2.45, 2.75) is 70.1 Å². The summed E-state index contributed by atoms with van der Waals surface area (Å²) in [6.07, 6.45) is 8.06. The minimum Gasteiger partial charge on any atom is -0.462 e. The summed E-state index contributed by atoms with van der Waals surface area (Å²) in [6, 6.07) is 11.1. The molecule has 1 heterocycles. The van der Waals surface area contributed by atoms with E-state index in [1.54, 1.807) is 7.05 Å². The number of carbonyl (C=O) groups excluding carboxylic acids is 1. The number of benzene rings is 1. The normalized spacial score (nSPS) is 19.3. The van der Waals surface area contributed by atoms with Gasteiger partial charge in [0.25, 0.3) is 0 Å². The van der Waals surface area contributed by atoms with Crippen molar-refractivity contribution < 1.29 is 9.53 Å². The number of guanidine groups is 1. The molecule has 0 aromatic heterocycles. The molecule has 0 radical (unpaired) electrons. The summed E-state index contributed by atoms with van der Waals surface area (Å²) < 4.78 is 5.50. The number of nitrogens with one attached hydrogen (secondary N) is 2. The first kappa shape index (κ1) is 21.6. The molecule has 1 aliphatic carbocycles. The molecule has 1 aromatic carbocycles. The molecule has 3 rings (SSSR count). The Morgan fingerprint density at radius 1 is 1.14 bits per heavy atom. The van der Waals surface area contributed by atoms with Gasteiger partial charge in [-0.1, -0.05) is 30.3 Å². The van der Waals surface area contributed by atoms with Gasteiger partial charge >= 0.3 is 5.97 Å². The van der Waals surface area contributed by atoms with Gasteiger partial charge in [-0.05, 0) is 50.5 Å². The average molecular weight is 401 g/mol. The van der Waals surface area contributed by atoms with Gasteiger partial charge in [-0.3, -0.25) is 14.7 Å². The summed E-state index contributed by atoms with van der Waals surface area (Å²) in [5, 5.41) is 6.87. The van der Waals surface area contributed by atoms with Gasteiger partial charge < -0.3 is 15.4 Å². The molecule has 0 bridgehead atoms. The third-order valence-corrected chi connectivity index (χ3v) is 5.85. The summed E-state index contributed by atoms with van der Waals surface area (Å²) >= 11 is 0. The summed E-state index contributed by atoms with van der Waals surface area (Å²) in [6.45, 7) is 3.94. The van der Waals surface area contributed by atoms with Gasteiger partial charge in [0.05, 0.1) is 0 Å². The average Bonchev–Trinajstić information content (AvgIpc) is 3.25. The summed E-state index contributed by atoms with van der Waals surface area (Å²) in [5.74, 6) is 0.767. The van der Waals surface area contributed by atoms with Crippen LogP contribution in [0.15, 0.2) is 35.3 Å². The fourth-order valence-electron chi connectivity index (χ4n) is 4.16. The molecule has 2 fully saturated rings. The molecule has 1 aromatic rings. The van der Waals surface area contributed by atoms with Crippen LogP contribution in [-0.4, -0.2) is 55.7 Å². The second kappa shape index (κ2) is 11.8. The quantitative estimate of drug-likeness (QED) is 0.304. The lowest BCUT2D eigenvalue weighted by Crippen LogP contribution is -2.48. The first-order chi connectivity index (χ1) is 14.2. The monoisotopic (exact) mass is 400 g/mol. The SMILES string of the molecule is CN=C(NCCCC(=O)OC1CCCC1)NC1CCN(Cc2ccccc2)CC1. The van der Waals surface area contributed by atoms with Crippen molar-refractivity contribution in [1.29, 1.82) is 0 Å². The lowest BCUT2D eigenvalue weighted by Gasteiger charge is -2.33. The summed E-state index contributed by atoms with van der Waals surface area (Å²) in [7, 11) is 1.80. The summed E-state index contributed by atoms with van der Waals surface area (Å²) in [4.78, 5) is 18.7. The third kappa shape index (κ3) is 7.69. The number of likely N-dealkylation sites (tertiary alicyclic amines) is 1. The van der Waals surface area contributed by atoms with E-state index in [0.29, 0.717) is 12.5 Å². The minimum atomic E-state index is -0.0626. The maximum Gasteiger partial charge on any atom is 0.306 e. The Hall–Kier alpha value is -2.08. The zero-order chi connectivity index (χ0) is 20.3. The Morgan fingerprint density at radius 3 is 2.55 bits per heavy atom. The van der Waals surface area contributed by atoms with Gasteiger partial charge in [0.1, 0.15) is 6.10 Å². The van der Waals surface area contributed by atoms with Gasteiger partial charge in [0.2, 0.25) is 0 Å². The molecule has 1 saturated carbocycles. The van der Waals surface area contributed by atoms with Gasteiger partial charge in [-0.2, -0.15) is 0 Å². The number of carbonyl (C=O) groups is 1. The largest absolute Gasteiger partial charge is 0.462 e. The molecule has 0 spiro atoms. The number of ether oxygens (including phenoxy) is 1. The lowest BCUT2D eigenvalue weighted by molar-refractivity contribution is -0.148. The molecule has 1 saturated heterocycles. The van der Waals surface area contributed by atoms with Crippen LogP contribution in [0, 0.1) is 0 Å². The van der Waals surface area contributed by atoms with Crippen LogP contribution in [0.1, 0.15) is 56.9 Å². The van der Waals surface area contributed by atoms with E-state index in [1.165, 1.54) is 18.4 Å². The number of esters is 1. The molecule has 6 heteroatoms. The van der Waals surface area contributed by atoms with E-state index in [2.05, 4.69) is 50.9 Å². The predicted octanol–water partition coefficient (Wildman–Crippen LogP) is 3.08. The van der Waals surface area contributed by atoms with Crippen molar-refractivity contribution in [3.05, 3.63) is 35.9 Å². The number of hydrogen-bond acceptors (Lipinski definition) is 4. The van der Waals surface area contributed by atoms with Crippen LogP contribution in [0.4, 0.5) is 0 Å².